The minimum Gasteiger partial charge on any atom is -0.379 e. The van der Waals surface area contributed by atoms with E-state index in [9.17, 15) is 4.79 Å². The molecule has 0 aromatic heterocycles. The lowest BCUT2D eigenvalue weighted by atomic mass is 10.0. The third-order valence-electron chi connectivity index (χ3n) is 3.79. The molecule has 1 fully saturated rings. The second-order valence-corrected chi connectivity index (χ2v) is 5.16. The summed E-state index contributed by atoms with van der Waals surface area (Å²) in [5, 5.41) is 5.31. The van der Waals surface area contributed by atoms with Gasteiger partial charge in [-0.3, -0.25) is 4.79 Å². The van der Waals surface area contributed by atoms with Crippen LogP contribution < -0.4 is 11.1 Å². The molecule has 0 bridgehead atoms. The van der Waals surface area contributed by atoms with Gasteiger partial charge in [0.2, 0.25) is 5.91 Å². The zero-order valence-corrected chi connectivity index (χ0v) is 11.2. The molecule has 104 valence electrons. The highest BCUT2D eigenvalue weighted by molar-refractivity contribution is 5.86. The largest absolute Gasteiger partial charge is 0.379 e. The third kappa shape index (κ3) is 2.53. The lowest BCUT2D eigenvalue weighted by Crippen LogP contribution is -2.40. The summed E-state index contributed by atoms with van der Waals surface area (Å²) in [6, 6.07) is 14.1. The standard InChI is InChI=1S/C16H18N2O2/c17-15-10-20-9-14(15)16(19)18-8-12-6-3-5-11-4-1-2-7-13(11)12/h1-7,14-15H,8-10,17H2,(H,18,19). The molecule has 0 spiro atoms. The monoisotopic (exact) mass is 270 g/mol. The van der Waals surface area contributed by atoms with Crippen molar-refractivity contribution in [3.8, 4) is 0 Å². The normalized spacial score (nSPS) is 22.1. The van der Waals surface area contributed by atoms with E-state index in [0.29, 0.717) is 19.8 Å². The number of benzene rings is 2. The number of amides is 1. The van der Waals surface area contributed by atoms with Crippen molar-refractivity contribution in [2.45, 2.75) is 12.6 Å². The van der Waals surface area contributed by atoms with Crippen LogP contribution in [0.2, 0.25) is 0 Å². The zero-order valence-electron chi connectivity index (χ0n) is 11.2. The zero-order chi connectivity index (χ0) is 13.9. The summed E-state index contributed by atoms with van der Waals surface area (Å²) in [4.78, 5) is 12.1. The Labute approximate surface area is 117 Å². The minimum absolute atomic E-state index is 0.0251. The van der Waals surface area contributed by atoms with Crippen molar-refractivity contribution >= 4 is 16.7 Å². The van der Waals surface area contributed by atoms with Gasteiger partial charge in [-0.05, 0) is 16.3 Å². The number of fused-ring (bicyclic) bond motifs is 1. The molecule has 0 saturated carbocycles. The van der Waals surface area contributed by atoms with Crippen LogP contribution in [0, 0.1) is 5.92 Å². The average Bonchev–Trinajstić information content (AvgIpc) is 2.91. The maximum Gasteiger partial charge on any atom is 0.227 e. The van der Waals surface area contributed by atoms with Crippen LogP contribution in [0.25, 0.3) is 10.8 Å². The number of carbonyl (C=O) groups is 1. The summed E-state index contributed by atoms with van der Waals surface area (Å²) in [5.41, 5.74) is 6.97. The van der Waals surface area contributed by atoms with E-state index >= 15 is 0 Å². The molecule has 2 unspecified atom stereocenters. The molecule has 1 aliphatic heterocycles. The number of hydrogen-bond donors (Lipinski definition) is 2. The Balaban J connectivity index is 1.72. The second kappa shape index (κ2) is 5.61. The van der Waals surface area contributed by atoms with Crippen molar-refractivity contribution in [2.75, 3.05) is 13.2 Å². The number of nitrogens with one attached hydrogen (secondary N) is 1. The molecule has 4 heteroatoms. The second-order valence-electron chi connectivity index (χ2n) is 5.16. The molecule has 3 rings (SSSR count). The topological polar surface area (TPSA) is 64.3 Å². The number of rotatable bonds is 3. The van der Waals surface area contributed by atoms with E-state index in [4.69, 9.17) is 10.5 Å². The van der Waals surface area contributed by atoms with Crippen molar-refractivity contribution in [1.82, 2.24) is 5.32 Å². The number of carbonyl (C=O) groups excluding carboxylic acids is 1. The van der Waals surface area contributed by atoms with E-state index in [1.54, 1.807) is 0 Å². The molecule has 1 aliphatic rings. The van der Waals surface area contributed by atoms with Gasteiger partial charge >= 0.3 is 0 Å². The molecule has 2 aromatic carbocycles. The Morgan fingerprint density at radius 3 is 2.80 bits per heavy atom. The first-order valence-corrected chi connectivity index (χ1v) is 6.83. The van der Waals surface area contributed by atoms with Gasteiger partial charge < -0.3 is 15.8 Å². The summed E-state index contributed by atoms with van der Waals surface area (Å²) < 4.78 is 5.23. The van der Waals surface area contributed by atoms with E-state index in [-0.39, 0.29) is 17.9 Å². The highest BCUT2D eigenvalue weighted by Crippen LogP contribution is 2.18. The van der Waals surface area contributed by atoms with Gasteiger partial charge in [-0.2, -0.15) is 0 Å². The van der Waals surface area contributed by atoms with E-state index < -0.39 is 0 Å². The molecule has 20 heavy (non-hydrogen) atoms. The minimum atomic E-state index is -0.232. The van der Waals surface area contributed by atoms with Crippen LogP contribution in [0.4, 0.5) is 0 Å². The van der Waals surface area contributed by atoms with Gasteiger partial charge in [0.25, 0.3) is 0 Å². The van der Waals surface area contributed by atoms with Crippen molar-refractivity contribution in [3.05, 3.63) is 48.0 Å². The van der Waals surface area contributed by atoms with Crippen LogP contribution in [0.3, 0.4) is 0 Å². The number of nitrogens with two attached hydrogens (primary N) is 1. The Morgan fingerprint density at radius 1 is 1.20 bits per heavy atom. The SMILES string of the molecule is NC1COCC1C(=O)NCc1cccc2ccccc12. The fraction of sp³-hybridized carbons (Fsp3) is 0.312. The molecular formula is C16H18N2O2. The van der Waals surface area contributed by atoms with E-state index in [1.807, 2.05) is 24.3 Å². The van der Waals surface area contributed by atoms with Crippen LogP contribution in [0.15, 0.2) is 42.5 Å². The molecule has 2 atom stereocenters. The molecule has 4 nitrogen and oxygen atoms in total. The van der Waals surface area contributed by atoms with Crippen molar-refractivity contribution in [3.63, 3.8) is 0 Å². The molecule has 0 aliphatic carbocycles. The maximum atomic E-state index is 12.1. The summed E-state index contributed by atoms with van der Waals surface area (Å²) >= 11 is 0. The molecule has 2 aromatic rings. The lowest BCUT2D eigenvalue weighted by Gasteiger charge is -2.14. The van der Waals surface area contributed by atoms with Crippen molar-refractivity contribution < 1.29 is 9.53 Å². The number of hydrogen-bond acceptors (Lipinski definition) is 3. The fourth-order valence-electron chi connectivity index (χ4n) is 2.60. The van der Waals surface area contributed by atoms with Crippen LogP contribution in [0.5, 0.6) is 0 Å². The van der Waals surface area contributed by atoms with Crippen molar-refractivity contribution in [2.24, 2.45) is 11.7 Å². The van der Waals surface area contributed by atoms with Gasteiger partial charge in [0.15, 0.2) is 0 Å². The van der Waals surface area contributed by atoms with Gasteiger partial charge in [0, 0.05) is 12.6 Å². The summed E-state index contributed by atoms with van der Waals surface area (Å²) in [6.07, 6.45) is 0. The Kier molecular flexibility index (Phi) is 3.67. The molecule has 3 N–H and O–H groups in total. The summed E-state index contributed by atoms with van der Waals surface area (Å²) in [7, 11) is 0. The van der Waals surface area contributed by atoms with Crippen molar-refractivity contribution in [1.29, 1.82) is 0 Å². The van der Waals surface area contributed by atoms with Gasteiger partial charge in [-0.15, -0.1) is 0 Å². The van der Waals surface area contributed by atoms with Crippen LogP contribution >= 0.6 is 0 Å². The number of ether oxygens (including phenoxy) is 1. The predicted octanol–water partition coefficient (Wildman–Crippen LogP) is 1.43. The van der Waals surface area contributed by atoms with Gasteiger partial charge in [0.1, 0.15) is 0 Å². The van der Waals surface area contributed by atoms with Crippen LogP contribution in [-0.2, 0) is 16.1 Å². The third-order valence-corrected chi connectivity index (χ3v) is 3.79. The Hall–Kier alpha value is -1.91. The van der Waals surface area contributed by atoms with E-state index in [0.717, 1.165) is 5.56 Å². The first-order valence-electron chi connectivity index (χ1n) is 6.83. The predicted molar refractivity (Wildman–Crippen MR) is 78.1 cm³/mol. The van der Waals surface area contributed by atoms with Gasteiger partial charge in [-0.1, -0.05) is 42.5 Å². The van der Waals surface area contributed by atoms with E-state index in [1.165, 1.54) is 10.8 Å². The van der Waals surface area contributed by atoms with Gasteiger partial charge in [-0.25, -0.2) is 0 Å². The molecule has 0 radical (unpaired) electrons. The summed E-state index contributed by atoms with van der Waals surface area (Å²) in [6.45, 7) is 1.40. The maximum absolute atomic E-state index is 12.1. The summed E-state index contributed by atoms with van der Waals surface area (Å²) in [5.74, 6) is -0.257. The van der Waals surface area contributed by atoms with Crippen LogP contribution in [0.1, 0.15) is 5.56 Å². The first-order chi connectivity index (χ1) is 9.75. The first kappa shape index (κ1) is 13.1. The Morgan fingerprint density at radius 2 is 2.00 bits per heavy atom. The highest BCUT2D eigenvalue weighted by Gasteiger charge is 2.31. The van der Waals surface area contributed by atoms with Gasteiger partial charge in [0.05, 0.1) is 19.1 Å². The van der Waals surface area contributed by atoms with E-state index in [2.05, 4.69) is 23.5 Å². The Bertz CT molecular complexity index is 621. The molecule has 1 heterocycles. The smallest absolute Gasteiger partial charge is 0.227 e. The highest BCUT2D eigenvalue weighted by atomic mass is 16.5. The quantitative estimate of drug-likeness (QED) is 0.886. The van der Waals surface area contributed by atoms with Crippen LogP contribution in [-0.4, -0.2) is 25.2 Å². The molecule has 1 amide bonds. The lowest BCUT2D eigenvalue weighted by molar-refractivity contribution is -0.125. The fourth-order valence-corrected chi connectivity index (χ4v) is 2.60. The molecular weight excluding hydrogens is 252 g/mol. The molecule has 1 saturated heterocycles. The average molecular weight is 270 g/mol.